The Morgan fingerprint density at radius 3 is 2.31 bits per heavy atom. The van der Waals surface area contributed by atoms with Crippen LogP contribution in [0.3, 0.4) is 0 Å². The minimum absolute atomic E-state index is 0.0427. The minimum Gasteiger partial charge on any atom is -0.473 e. The summed E-state index contributed by atoms with van der Waals surface area (Å²) in [5.74, 6) is 0.550. The van der Waals surface area contributed by atoms with E-state index in [9.17, 15) is 4.79 Å². The van der Waals surface area contributed by atoms with Crippen molar-refractivity contribution in [2.45, 2.75) is 32.8 Å². The predicted octanol–water partition coefficient (Wildman–Crippen LogP) is 4.26. The quantitative estimate of drug-likeness (QED) is 0.605. The standard InChI is InChI=1S/C26H32N4O2/c1-26(2,3)21-12-8-9-13-23(21)29-14-16-30(17-15-29)25(31)22-18-24(28(4)27-22)32-19-20-10-6-5-7-11-20/h5-13,18H,14-17,19H2,1-4H3. The fraction of sp³-hybridized carbons (Fsp3) is 0.385. The van der Waals surface area contributed by atoms with Crippen molar-refractivity contribution in [2.24, 2.45) is 7.05 Å². The number of ether oxygens (including phenoxy) is 1. The first-order chi connectivity index (χ1) is 15.3. The van der Waals surface area contributed by atoms with Gasteiger partial charge >= 0.3 is 0 Å². The second-order valence-corrected chi connectivity index (χ2v) is 9.31. The monoisotopic (exact) mass is 432 g/mol. The number of hydrogen-bond donors (Lipinski definition) is 0. The van der Waals surface area contributed by atoms with Crippen molar-refractivity contribution in [3.05, 3.63) is 77.5 Å². The normalized spacial score (nSPS) is 14.5. The molecule has 1 aliphatic heterocycles. The predicted molar refractivity (Wildman–Crippen MR) is 127 cm³/mol. The summed E-state index contributed by atoms with van der Waals surface area (Å²) in [7, 11) is 1.80. The van der Waals surface area contributed by atoms with Crippen LogP contribution in [-0.4, -0.2) is 46.8 Å². The van der Waals surface area contributed by atoms with Gasteiger partial charge in [0.25, 0.3) is 5.91 Å². The molecular formula is C26H32N4O2. The molecule has 1 aliphatic rings. The molecule has 168 valence electrons. The molecule has 32 heavy (non-hydrogen) atoms. The van der Waals surface area contributed by atoms with Gasteiger partial charge in [0, 0.05) is 45.0 Å². The number of amides is 1. The molecule has 0 spiro atoms. The largest absolute Gasteiger partial charge is 0.473 e. The molecular weight excluding hydrogens is 400 g/mol. The Balaban J connectivity index is 1.39. The Labute approximate surface area is 190 Å². The number of hydrogen-bond acceptors (Lipinski definition) is 4. The lowest BCUT2D eigenvalue weighted by Crippen LogP contribution is -2.49. The molecule has 0 unspecified atom stereocenters. The number of aromatic nitrogens is 2. The van der Waals surface area contributed by atoms with Gasteiger partial charge in [0.15, 0.2) is 5.69 Å². The van der Waals surface area contributed by atoms with Crippen LogP contribution in [0.2, 0.25) is 0 Å². The van der Waals surface area contributed by atoms with Crippen LogP contribution in [0, 0.1) is 0 Å². The van der Waals surface area contributed by atoms with Gasteiger partial charge in [-0.15, -0.1) is 0 Å². The van der Waals surface area contributed by atoms with Crippen LogP contribution >= 0.6 is 0 Å². The lowest BCUT2D eigenvalue weighted by molar-refractivity contribution is 0.0740. The Morgan fingerprint density at radius 2 is 1.62 bits per heavy atom. The highest BCUT2D eigenvalue weighted by atomic mass is 16.5. The Bertz CT molecular complexity index is 1060. The maximum atomic E-state index is 13.1. The summed E-state index contributed by atoms with van der Waals surface area (Å²) < 4.78 is 7.51. The summed E-state index contributed by atoms with van der Waals surface area (Å²) in [5.41, 5.74) is 4.19. The van der Waals surface area contributed by atoms with Crippen molar-refractivity contribution >= 4 is 11.6 Å². The van der Waals surface area contributed by atoms with E-state index < -0.39 is 0 Å². The third-order valence-electron chi connectivity index (χ3n) is 5.91. The third-order valence-corrected chi connectivity index (χ3v) is 5.91. The first-order valence-corrected chi connectivity index (χ1v) is 11.2. The highest BCUT2D eigenvalue weighted by molar-refractivity contribution is 5.92. The average molecular weight is 433 g/mol. The van der Waals surface area contributed by atoms with E-state index in [0.717, 1.165) is 18.7 Å². The molecule has 6 nitrogen and oxygen atoms in total. The van der Waals surface area contributed by atoms with Crippen LogP contribution in [0.4, 0.5) is 5.69 Å². The number of nitrogens with zero attached hydrogens (tertiary/aromatic N) is 4. The molecule has 1 aromatic heterocycles. The van der Waals surface area contributed by atoms with Gasteiger partial charge in [-0.05, 0) is 22.6 Å². The molecule has 1 amide bonds. The molecule has 1 saturated heterocycles. The van der Waals surface area contributed by atoms with Gasteiger partial charge in [0.2, 0.25) is 5.88 Å². The van der Waals surface area contributed by atoms with Crippen molar-refractivity contribution < 1.29 is 9.53 Å². The third kappa shape index (κ3) is 4.79. The van der Waals surface area contributed by atoms with Gasteiger partial charge in [0.1, 0.15) is 6.61 Å². The fourth-order valence-corrected chi connectivity index (χ4v) is 4.12. The van der Waals surface area contributed by atoms with Crippen LogP contribution in [0.25, 0.3) is 0 Å². The highest BCUT2D eigenvalue weighted by Crippen LogP contribution is 2.32. The lowest BCUT2D eigenvalue weighted by Gasteiger charge is -2.38. The van der Waals surface area contributed by atoms with Gasteiger partial charge in [-0.3, -0.25) is 4.79 Å². The topological polar surface area (TPSA) is 50.6 Å². The first kappa shape index (κ1) is 21.9. The summed E-state index contributed by atoms with van der Waals surface area (Å²) in [4.78, 5) is 17.4. The lowest BCUT2D eigenvalue weighted by atomic mass is 9.85. The molecule has 0 radical (unpaired) electrons. The molecule has 6 heteroatoms. The highest BCUT2D eigenvalue weighted by Gasteiger charge is 2.27. The second kappa shape index (κ2) is 9.07. The van der Waals surface area contributed by atoms with E-state index in [4.69, 9.17) is 4.74 Å². The van der Waals surface area contributed by atoms with Crippen LogP contribution in [0.15, 0.2) is 60.7 Å². The maximum absolute atomic E-state index is 13.1. The van der Waals surface area contributed by atoms with Crippen molar-refractivity contribution in [2.75, 3.05) is 31.1 Å². The molecule has 0 bridgehead atoms. The zero-order valence-corrected chi connectivity index (χ0v) is 19.4. The van der Waals surface area contributed by atoms with Crippen molar-refractivity contribution in [3.8, 4) is 5.88 Å². The molecule has 2 heterocycles. The Kier molecular flexibility index (Phi) is 6.21. The van der Waals surface area contributed by atoms with Crippen LogP contribution in [-0.2, 0) is 19.1 Å². The number of carbonyl (C=O) groups is 1. The number of benzene rings is 2. The Hall–Kier alpha value is -3.28. The molecule has 2 aromatic carbocycles. The number of para-hydroxylation sites is 1. The van der Waals surface area contributed by atoms with E-state index in [2.05, 4.69) is 55.0 Å². The Morgan fingerprint density at radius 1 is 0.969 bits per heavy atom. The number of rotatable bonds is 5. The van der Waals surface area contributed by atoms with Gasteiger partial charge in [-0.1, -0.05) is 69.3 Å². The van der Waals surface area contributed by atoms with Crippen LogP contribution < -0.4 is 9.64 Å². The molecule has 0 aliphatic carbocycles. The van der Waals surface area contributed by atoms with Gasteiger partial charge in [0.05, 0.1) is 0 Å². The van der Waals surface area contributed by atoms with Crippen molar-refractivity contribution in [3.63, 3.8) is 0 Å². The van der Waals surface area contributed by atoms with Crippen molar-refractivity contribution in [1.82, 2.24) is 14.7 Å². The number of anilines is 1. The van der Waals surface area contributed by atoms with Crippen molar-refractivity contribution in [1.29, 1.82) is 0 Å². The zero-order valence-electron chi connectivity index (χ0n) is 19.4. The second-order valence-electron chi connectivity index (χ2n) is 9.31. The van der Waals surface area contributed by atoms with Crippen LogP contribution in [0.5, 0.6) is 5.88 Å². The van der Waals surface area contributed by atoms with Crippen LogP contribution in [0.1, 0.15) is 42.4 Å². The summed E-state index contributed by atoms with van der Waals surface area (Å²) in [6.07, 6.45) is 0. The first-order valence-electron chi connectivity index (χ1n) is 11.2. The van der Waals surface area contributed by atoms with E-state index >= 15 is 0 Å². The number of aryl methyl sites for hydroxylation is 1. The molecule has 4 rings (SSSR count). The molecule has 0 N–H and O–H groups in total. The van der Waals surface area contributed by atoms with E-state index in [-0.39, 0.29) is 11.3 Å². The van der Waals surface area contributed by atoms with E-state index in [1.165, 1.54) is 11.3 Å². The van der Waals surface area contributed by atoms with E-state index in [0.29, 0.717) is 31.3 Å². The average Bonchev–Trinajstić information content (AvgIpc) is 3.18. The van der Waals surface area contributed by atoms with E-state index in [1.54, 1.807) is 17.8 Å². The fourth-order valence-electron chi connectivity index (χ4n) is 4.12. The number of carbonyl (C=O) groups excluding carboxylic acids is 1. The SMILES string of the molecule is Cn1nc(C(=O)N2CCN(c3ccccc3C(C)(C)C)CC2)cc1OCc1ccccc1. The summed E-state index contributed by atoms with van der Waals surface area (Å²) in [6, 6.07) is 20.3. The minimum atomic E-state index is -0.0427. The molecule has 1 fully saturated rings. The summed E-state index contributed by atoms with van der Waals surface area (Å²) in [5, 5.41) is 4.41. The summed E-state index contributed by atoms with van der Waals surface area (Å²) >= 11 is 0. The zero-order chi connectivity index (χ0) is 22.7. The van der Waals surface area contributed by atoms with Gasteiger partial charge in [-0.2, -0.15) is 5.10 Å². The number of piperazine rings is 1. The smallest absolute Gasteiger partial charge is 0.274 e. The molecule has 3 aromatic rings. The van der Waals surface area contributed by atoms with E-state index in [1.807, 2.05) is 35.2 Å². The summed E-state index contributed by atoms with van der Waals surface area (Å²) in [6.45, 7) is 10.1. The molecule has 0 atom stereocenters. The molecule has 0 saturated carbocycles. The van der Waals surface area contributed by atoms with Gasteiger partial charge in [-0.25, -0.2) is 4.68 Å². The van der Waals surface area contributed by atoms with Gasteiger partial charge < -0.3 is 14.5 Å². The maximum Gasteiger partial charge on any atom is 0.274 e.